The molecule has 16 heavy (non-hydrogen) atoms. The summed E-state index contributed by atoms with van der Waals surface area (Å²) in [5.74, 6) is -0.192. The SMILES string of the molecule is CCC(C)(C(=O)NC1(C)CCC1)C(N)=NO. The molecule has 0 spiro atoms. The maximum absolute atomic E-state index is 12.1. The number of rotatable bonds is 4. The van der Waals surface area contributed by atoms with Gasteiger partial charge in [0, 0.05) is 5.54 Å². The summed E-state index contributed by atoms with van der Waals surface area (Å²) in [7, 11) is 0. The standard InChI is InChI=1S/C11H21N3O2/c1-4-11(3,8(12)14-16)9(15)13-10(2)6-5-7-10/h16H,4-7H2,1-3H3,(H2,12,14)(H,13,15). The predicted molar refractivity (Wildman–Crippen MR) is 62.2 cm³/mol. The van der Waals surface area contributed by atoms with Crippen molar-refractivity contribution < 1.29 is 10.0 Å². The molecule has 1 amide bonds. The molecule has 0 aromatic rings. The number of nitrogens with two attached hydrogens (primary N) is 1. The third-order valence-electron chi connectivity index (χ3n) is 3.75. The van der Waals surface area contributed by atoms with Crippen molar-refractivity contribution in [1.29, 1.82) is 0 Å². The van der Waals surface area contributed by atoms with Crippen LogP contribution in [0.2, 0.25) is 0 Å². The van der Waals surface area contributed by atoms with E-state index in [0.717, 1.165) is 19.3 Å². The lowest BCUT2D eigenvalue weighted by Crippen LogP contribution is -2.57. The van der Waals surface area contributed by atoms with Crippen LogP contribution in [0.5, 0.6) is 0 Å². The minimum absolute atomic E-state index is 0.0320. The smallest absolute Gasteiger partial charge is 0.234 e. The lowest BCUT2D eigenvalue weighted by atomic mass is 9.76. The largest absolute Gasteiger partial charge is 0.409 e. The van der Waals surface area contributed by atoms with Crippen LogP contribution in [-0.4, -0.2) is 22.5 Å². The van der Waals surface area contributed by atoms with Crippen LogP contribution in [-0.2, 0) is 4.79 Å². The van der Waals surface area contributed by atoms with Gasteiger partial charge in [0.05, 0.1) is 0 Å². The molecule has 5 heteroatoms. The van der Waals surface area contributed by atoms with Gasteiger partial charge >= 0.3 is 0 Å². The van der Waals surface area contributed by atoms with E-state index in [1.807, 2.05) is 13.8 Å². The number of carbonyl (C=O) groups excluding carboxylic acids is 1. The maximum atomic E-state index is 12.1. The van der Waals surface area contributed by atoms with E-state index >= 15 is 0 Å². The van der Waals surface area contributed by atoms with Crippen LogP contribution in [0.4, 0.5) is 0 Å². The van der Waals surface area contributed by atoms with E-state index in [9.17, 15) is 4.79 Å². The van der Waals surface area contributed by atoms with Gasteiger partial charge in [-0.05, 0) is 39.5 Å². The van der Waals surface area contributed by atoms with Crippen LogP contribution in [0.1, 0.15) is 46.5 Å². The van der Waals surface area contributed by atoms with Gasteiger partial charge in [-0.15, -0.1) is 0 Å². The van der Waals surface area contributed by atoms with E-state index in [-0.39, 0.29) is 17.3 Å². The van der Waals surface area contributed by atoms with Crippen LogP contribution in [0.25, 0.3) is 0 Å². The summed E-state index contributed by atoms with van der Waals surface area (Å²) < 4.78 is 0. The number of carbonyl (C=O) groups is 1. The summed E-state index contributed by atoms with van der Waals surface area (Å²) in [6.45, 7) is 5.57. The Morgan fingerprint density at radius 1 is 1.62 bits per heavy atom. The summed E-state index contributed by atoms with van der Waals surface area (Å²) in [6.07, 6.45) is 3.64. The summed E-state index contributed by atoms with van der Waals surface area (Å²) >= 11 is 0. The molecular weight excluding hydrogens is 206 g/mol. The molecule has 0 bridgehead atoms. The number of nitrogens with one attached hydrogen (secondary N) is 1. The van der Waals surface area contributed by atoms with Gasteiger partial charge in [-0.3, -0.25) is 4.79 Å². The first-order valence-corrected chi connectivity index (χ1v) is 5.68. The Balaban J connectivity index is 2.77. The molecule has 1 unspecified atom stereocenters. The Labute approximate surface area is 96.1 Å². The molecule has 1 saturated carbocycles. The van der Waals surface area contributed by atoms with Crippen LogP contribution in [0, 0.1) is 5.41 Å². The lowest BCUT2D eigenvalue weighted by Gasteiger charge is -2.41. The van der Waals surface area contributed by atoms with Crippen molar-refractivity contribution >= 4 is 11.7 Å². The van der Waals surface area contributed by atoms with E-state index in [1.54, 1.807) is 6.92 Å². The zero-order valence-electron chi connectivity index (χ0n) is 10.2. The third-order valence-corrected chi connectivity index (χ3v) is 3.75. The first kappa shape index (κ1) is 12.8. The monoisotopic (exact) mass is 227 g/mol. The zero-order chi connectivity index (χ0) is 12.4. The fraction of sp³-hybridized carbons (Fsp3) is 0.818. The Hall–Kier alpha value is -1.26. The van der Waals surface area contributed by atoms with Gasteiger partial charge in [0.25, 0.3) is 0 Å². The van der Waals surface area contributed by atoms with E-state index in [4.69, 9.17) is 10.9 Å². The molecule has 5 nitrogen and oxygen atoms in total. The molecule has 0 aromatic carbocycles. The van der Waals surface area contributed by atoms with E-state index in [1.165, 1.54) is 0 Å². The van der Waals surface area contributed by atoms with Gasteiger partial charge in [-0.25, -0.2) is 0 Å². The van der Waals surface area contributed by atoms with E-state index in [2.05, 4.69) is 10.5 Å². The minimum atomic E-state index is -0.923. The number of hydrogen-bond acceptors (Lipinski definition) is 3. The zero-order valence-corrected chi connectivity index (χ0v) is 10.2. The van der Waals surface area contributed by atoms with Crippen molar-refractivity contribution in [2.45, 2.75) is 52.0 Å². The first-order chi connectivity index (χ1) is 7.38. The second-order valence-corrected chi connectivity index (χ2v) is 5.04. The van der Waals surface area contributed by atoms with Crippen LogP contribution in [0.15, 0.2) is 5.16 Å². The molecule has 0 heterocycles. The molecule has 1 aliphatic carbocycles. The second kappa shape index (κ2) is 4.31. The van der Waals surface area contributed by atoms with E-state index in [0.29, 0.717) is 6.42 Å². The number of amidine groups is 1. The molecule has 4 N–H and O–H groups in total. The van der Waals surface area contributed by atoms with Crippen molar-refractivity contribution in [3.63, 3.8) is 0 Å². The number of amides is 1. The molecule has 1 aliphatic rings. The van der Waals surface area contributed by atoms with E-state index < -0.39 is 5.41 Å². The first-order valence-electron chi connectivity index (χ1n) is 5.68. The summed E-state index contributed by atoms with van der Waals surface area (Å²) in [5.41, 5.74) is 4.55. The van der Waals surface area contributed by atoms with Crippen LogP contribution < -0.4 is 11.1 Å². The lowest BCUT2D eigenvalue weighted by molar-refractivity contribution is -0.130. The van der Waals surface area contributed by atoms with Gasteiger partial charge < -0.3 is 16.3 Å². The van der Waals surface area contributed by atoms with Crippen molar-refractivity contribution in [2.75, 3.05) is 0 Å². The predicted octanol–water partition coefficient (Wildman–Crippen LogP) is 1.21. The maximum Gasteiger partial charge on any atom is 0.234 e. The average molecular weight is 227 g/mol. The molecule has 0 aliphatic heterocycles. The highest BCUT2D eigenvalue weighted by molar-refractivity contribution is 6.06. The highest BCUT2D eigenvalue weighted by Gasteiger charge is 2.41. The van der Waals surface area contributed by atoms with Gasteiger partial charge in [0.1, 0.15) is 5.41 Å². The molecule has 1 atom stereocenters. The summed E-state index contributed by atoms with van der Waals surface area (Å²) in [6, 6.07) is 0. The molecule has 0 saturated heterocycles. The molecule has 92 valence electrons. The summed E-state index contributed by atoms with van der Waals surface area (Å²) in [4.78, 5) is 12.1. The summed E-state index contributed by atoms with van der Waals surface area (Å²) in [5, 5.41) is 14.7. The van der Waals surface area contributed by atoms with Crippen molar-refractivity contribution in [3.05, 3.63) is 0 Å². The molecular formula is C11H21N3O2. The van der Waals surface area contributed by atoms with Gasteiger partial charge in [-0.1, -0.05) is 12.1 Å². The third kappa shape index (κ3) is 2.13. The Bertz CT molecular complexity index is 310. The Kier molecular flexibility index (Phi) is 3.45. The van der Waals surface area contributed by atoms with Gasteiger partial charge in [0.15, 0.2) is 5.84 Å². The topological polar surface area (TPSA) is 87.7 Å². The van der Waals surface area contributed by atoms with Gasteiger partial charge in [-0.2, -0.15) is 0 Å². The second-order valence-electron chi connectivity index (χ2n) is 5.04. The van der Waals surface area contributed by atoms with Crippen molar-refractivity contribution in [2.24, 2.45) is 16.3 Å². The molecule has 1 rings (SSSR count). The van der Waals surface area contributed by atoms with Crippen molar-refractivity contribution in [3.8, 4) is 0 Å². The van der Waals surface area contributed by atoms with Crippen molar-refractivity contribution in [1.82, 2.24) is 5.32 Å². The quantitative estimate of drug-likeness (QED) is 0.292. The molecule has 1 fully saturated rings. The average Bonchev–Trinajstić information content (AvgIpc) is 2.24. The van der Waals surface area contributed by atoms with Crippen LogP contribution in [0.3, 0.4) is 0 Å². The molecule has 0 aromatic heterocycles. The fourth-order valence-electron chi connectivity index (χ4n) is 1.81. The fourth-order valence-corrected chi connectivity index (χ4v) is 1.81. The number of oxime groups is 1. The number of hydrogen-bond donors (Lipinski definition) is 3. The van der Waals surface area contributed by atoms with Crippen LogP contribution >= 0.6 is 0 Å². The van der Waals surface area contributed by atoms with Gasteiger partial charge in [0.2, 0.25) is 5.91 Å². The normalized spacial score (nSPS) is 23.1. The Morgan fingerprint density at radius 2 is 2.19 bits per heavy atom. The molecule has 0 radical (unpaired) electrons. The number of nitrogens with zero attached hydrogens (tertiary/aromatic N) is 1. The highest BCUT2D eigenvalue weighted by atomic mass is 16.4. The Morgan fingerprint density at radius 3 is 2.50 bits per heavy atom. The minimum Gasteiger partial charge on any atom is -0.409 e. The highest BCUT2D eigenvalue weighted by Crippen LogP contribution is 2.33.